The molecule has 0 aliphatic rings. The van der Waals surface area contributed by atoms with Gasteiger partial charge in [-0.15, -0.1) is 0 Å². The topological polar surface area (TPSA) is 53.6 Å². The van der Waals surface area contributed by atoms with Crippen LogP contribution in [0.4, 0.5) is 5.82 Å². The van der Waals surface area contributed by atoms with Gasteiger partial charge in [0.25, 0.3) is 0 Å². The van der Waals surface area contributed by atoms with E-state index in [1.807, 2.05) is 26.0 Å². The Balaban J connectivity index is 0.00000144. The lowest BCUT2D eigenvalue weighted by Gasteiger charge is -2.06. The van der Waals surface area contributed by atoms with Crippen molar-refractivity contribution in [2.45, 2.75) is 27.2 Å². The van der Waals surface area contributed by atoms with Gasteiger partial charge >= 0.3 is 0 Å². The van der Waals surface area contributed by atoms with Gasteiger partial charge in [-0.2, -0.15) is 0 Å². The fourth-order valence-corrected chi connectivity index (χ4v) is 1.61. The summed E-state index contributed by atoms with van der Waals surface area (Å²) in [7, 11) is 0. The highest BCUT2D eigenvalue weighted by Gasteiger charge is 2.02. The maximum absolute atomic E-state index is 4.46. The van der Waals surface area contributed by atoms with Crippen molar-refractivity contribution in [3.63, 3.8) is 0 Å². The van der Waals surface area contributed by atoms with E-state index in [0.717, 1.165) is 34.8 Å². The van der Waals surface area contributed by atoms with Gasteiger partial charge in [-0.1, -0.05) is 13.0 Å². The zero-order chi connectivity index (χ0) is 11.5. The van der Waals surface area contributed by atoms with Crippen molar-refractivity contribution in [2.75, 3.05) is 5.32 Å². The quantitative estimate of drug-likeness (QED) is 0.832. The van der Waals surface area contributed by atoms with Crippen molar-refractivity contribution in [3.8, 4) is 0 Å². The van der Waals surface area contributed by atoms with Crippen molar-refractivity contribution in [3.05, 3.63) is 29.7 Å². The highest BCUT2D eigenvalue weighted by molar-refractivity contribution is 5.73. The molecular weight excluding hydrogens is 200 g/mol. The molecule has 0 saturated heterocycles. The van der Waals surface area contributed by atoms with Gasteiger partial charge in [-0.25, -0.2) is 9.97 Å². The summed E-state index contributed by atoms with van der Waals surface area (Å²) in [6.07, 6.45) is 4.76. The van der Waals surface area contributed by atoms with Gasteiger partial charge in [-0.3, -0.25) is 0 Å². The highest BCUT2D eigenvalue weighted by Crippen LogP contribution is 2.14. The van der Waals surface area contributed by atoms with Crippen molar-refractivity contribution >= 4 is 17.0 Å². The van der Waals surface area contributed by atoms with Crippen molar-refractivity contribution in [1.82, 2.24) is 15.0 Å². The van der Waals surface area contributed by atoms with E-state index in [9.17, 15) is 0 Å². The number of anilines is 1. The molecule has 2 aromatic heterocycles. The minimum Gasteiger partial charge on any atom is -0.343 e. The van der Waals surface area contributed by atoms with Crippen LogP contribution in [0.5, 0.6) is 0 Å². The molecule has 0 fully saturated rings. The lowest BCUT2D eigenvalue weighted by atomic mass is 10.3. The summed E-state index contributed by atoms with van der Waals surface area (Å²) in [6.45, 7) is 6.11. The van der Waals surface area contributed by atoms with Crippen molar-refractivity contribution in [2.24, 2.45) is 0 Å². The lowest BCUT2D eigenvalue weighted by molar-refractivity contribution is 1.08. The number of nitrogens with one attached hydrogen (secondary N) is 2. The Morgan fingerprint density at radius 3 is 3.12 bits per heavy atom. The summed E-state index contributed by atoms with van der Waals surface area (Å²) in [5, 5.41) is 3.25. The summed E-state index contributed by atoms with van der Waals surface area (Å²) in [4.78, 5) is 12.0. The van der Waals surface area contributed by atoms with E-state index in [4.69, 9.17) is 0 Å². The van der Waals surface area contributed by atoms with Crippen LogP contribution in [-0.2, 0) is 0 Å². The van der Waals surface area contributed by atoms with Crippen LogP contribution in [0.3, 0.4) is 0 Å². The van der Waals surface area contributed by atoms with Crippen LogP contribution < -0.4 is 5.32 Å². The van der Waals surface area contributed by atoms with Crippen LogP contribution >= 0.6 is 0 Å². The average Bonchev–Trinajstić information content (AvgIpc) is 2.65. The Hall–Kier alpha value is -1.84. The van der Waals surface area contributed by atoms with Crippen LogP contribution in [0, 0.1) is 6.92 Å². The summed E-state index contributed by atoms with van der Waals surface area (Å²) >= 11 is 0. The number of aromatic nitrogens is 3. The van der Waals surface area contributed by atoms with E-state index in [-0.39, 0.29) is 2.85 Å². The number of H-pyrrole nitrogens is 1. The second-order valence-corrected chi connectivity index (χ2v) is 3.73. The SMILES string of the molecule is C/C=C(/CC)Nc1cnc2cc(C)[nH]c2n1.[HH].[HH]. The predicted octanol–water partition coefficient (Wildman–Crippen LogP) is 3.48. The third-order valence-electron chi connectivity index (χ3n) is 2.49. The molecule has 4 heteroatoms. The van der Waals surface area contributed by atoms with Gasteiger partial charge < -0.3 is 10.3 Å². The maximum Gasteiger partial charge on any atom is 0.158 e. The van der Waals surface area contributed by atoms with E-state index >= 15 is 0 Å². The summed E-state index contributed by atoms with van der Waals surface area (Å²) in [6, 6.07) is 1.99. The van der Waals surface area contributed by atoms with Crippen LogP contribution in [0.15, 0.2) is 24.0 Å². The third kappa shape index (κ3) is 2.05. The normalized spacial score (nSPS) is 12.1. The Kier molecular flexibility index (Phi) is 2.90. The fourth-order valence-electron chi connectivity index (χ4n) is 1.61. The first kappa shape index (κ1) is 10.7. The van der Waals surface area contributed by atoms with Crippen LogP contribution in [0.1, 0.15) is 28.8 Å². The van der Waals surface area contributed by atoms with Crippen LogP contribution in [-0.4, -0.2) is 15.0 Å². The molecule has 0 amide bonds. The molecule has 88 valence electrons. The number of rotatable bonds is 3. The monoisotopic (exact) mass is 220 g/mol. The Bertz CT molecular complexity index is 534. The van der Waals surface area contributed by atoms with Gasteiger partial charge in [0.15, 0.2) is 11.5 Å². The highest BCUT2D eigenvalue weighted by atomic mass is 15.0. The Labute approximate surface area is 97.8 Å². The molecule has 0 aliphatic heterocycles. The number of nitrogens with zero attached hydrogens (tertiary/aromatic N) is 2. The van der Waals surface area contributed by atoms with Crippen LogP contribution in [0.25, 0.3) is 11.2 Å². The van der Waals surface area contributed by atoms with Gasteiger partial charge in [0.05, 0.1) is 6.20 Å². The predicted molar refractivity (Wildman–Crippen MR) is 70.5 cm³/mol. The molecule has 2 rings (SSSR count). The van der Waals surface area contributed by atoms with Crippen molar-refractivity contribution in [1.29, 1.82) is 0 Å². The first-order valence-corrected chi connectivity index (χ1v) is 5.47. The lowest BCUT2D eigenvalue weighted by Crippen LogP contribution is -2.00. The maximum atomic E-state index is 4.46. The standard InChI is InChI=1S/C12H16N4.2H2/c1-4-9(5-2)15-11-7-13-10-6-8(3)14-12(10)16-11;;/h4,6-7H,5H2,1-3H3,(H2,14,15,16);2*1H/b9-4-;;. The molecule has 0 atom stereocenters. The minimum absolute atomic E-state index is 0. The smallest absolute Gasteiger partial charge is 0.158 e. The number of allylic oxidation sites excluding steroid dienone is 2. The van der Waals surface area contributed by atoms with Gasteiger partial charge in [0, 0.05) is 14.2 Å². The molecule has 0 radical (unpaired) electrons. The van der Waals surface area contributed by atoms with Gasteiger partial charge in [0.2, 0.25) is 0 Å². The van der Waals surface area contributed by atoms with Crippen molar-refractivity contribution < 1.29 is 2.85 Å². The largest absolute Gasteiger partial charge is 0.343 e. The molecule has 0 spiro atoms. The first-order chi connectivity index (χ1) is 7.72. The van der Waals surface area contributed by atoms with Crippen LogP contribution in [0.2, 0.25) is 0 Å². The fraction of sp³-hybridized carbons (Fsp3) is 0.333. The number of aromatic amines is 1. The minimum atomic E-state index is 0. The summed E-state index contributed by atoms with van der Waals surface area (Å²) in [5.74, 6) is 0.782. The number of aryl methyl sites for hydroxylation is 1. The average molecular weight is 220 g/mol. The summed E-state index contributed by atoms with van der Waals surface area (Å²) in [5.41, 5.74) is 3.96. The molecule has 16 heavy (non-hydrogen) atoms. The number of hydrogen-bond donors (Lipinski definition) is 2. The molecule has 0 bridgehead atoms. The molecule has 2 N–H and O–H groups in total. The molecule has 0 saturated carbocycles. The molecule has 0 unspecified atom stereocenters. The van der Waals surface area contributed by atoms with Gasteiger partial charge in [0.1, 0.15) is 5.52 Å². The zero-order valence-electron chi connectivity index (χ0n) is 9.83. The molecule has 2 heterocycles. The molecular formula is C12H20N4. The van der Waals surface area contributed by atoms with E-state index in [0.29, 0.717) is 0 Å². The molecule has 4 nitrogen and oxygen atoms in total. The molecule has 2 aromatic rings. The number of hydrogen-bond acceptors (Lipinski definition) is 3. The Morgan fingerprint density at radius 2 is 2.44 bits per heavy atom. The third-order valence-corrected chi connectivity index (χ3v) is 2.49. The molecule has 0 aromatic carbocycles. The second-order valence-electron chi connectivity index (χ2n) is 3.73. The van der Waals surface area contributed by atoms with E-state index in [2.05, 4.69) is 27.2 Å². The first-order valence-electron chi connectivity index (χ1n) is 5.47. The van der Waals surface area contributed by atoms with E-state index < -0.39 is 0 Å². The van der Waals surface area contributed by atoms with E-state index in [1.54, 1.807) is 6.20 Å². The second kappa shape index (κ2) is 4.35. The number of fused-ring (bicyclic) bond motifs is 1. The Morgan fingerprint density at radius 1 is 1.62 bits per heavy atom. The van der Waals surface area contributed by atoms with E-state index in [1.165, 1.54) is 0 Å². The zero-order valence-corrected chi connectivity index (χ0v) is 9.83. The summed E-state index contributed by atoms with van der Waals surface area (Å²) < 4.78 is 0. The van der Waals surface area contributed by atoms with Gasteiger partial charge in [-0.05, 0) is 26.3 Å². The molecule has 0 aliphatic carbocycles.